The first-order chi connectivity index (χ1) is 7.20. The van der Waals surface area contributed by atoms with Crippen molar-refractivity contribution in [3.8, 4) is 5.06 Å². The summed E-state index contributed by atoms with van der Waals surface area (Å²) < 4.78 is 10.3. The number of thiophene rings is 1. The zero-order valence-corrected chi connectivity index (χ0v) is 10.2. The Kier molecular flexibility index (Phi) is 3.24. The van der Waals surface area contributed by atoms with E-state index in [4.69, 9.17) is 32.4 Å². The number of furan rings is 1. The van der Waals surface area contributed by atoms with E-state index >= 15 is 0 Å². The van der Waals surface area contributed by atoms with Crippen molar-refractivity contribution in [1.29, 1.82) is 0 Å². The van der Waals surface area contributed by atoms with Gasteiger partial charge in [0.2, 0.25) is 0 Å². The summed E-state index contributed by atoms with van der Waals surface area (Å²) in [7, 11) is 1.63. The molecule has 0 fully saturated rings. The van der Waals surface area contributed by atoms with Crippen LogP contribution in [0.15, 0.2) is 28.7 Å². The molecular formula is C10H8Cl2O2S. The molecule has 2 heterocycles. The lowest BCUT2D eigenvalue weighted by Gasteiger charge is -2.02. The second kappa shape index (κ2) is 4.47. The molecule has 0 spiro atoms. The molecule has 0 aliphatic rings. The van der Waals surface area contributed by atoms with Crippen LogP contribution in [-0.4, -0.2) is 7.11 Å². The van der Waals surface area contributed by atoms with Crippen molar-refractivity contribution in [3.05, 3.63) is 40.1 Å². The fourth-order valence-electron chi connectivity index (χ4n) is 1.18. The highest BCUT2D eigenvalue weighted by molar-refractivity contribution is 7.14. The Labute approximate surface area is 101 Å². The highest BCUT2D eigenvalue weighted by Gasteiger charge is 2.17. The molecule has 5 heteroatoms. The molecule has 0 aliphatic carbocycles. The standard InChI is InChI=1S/C10H8Cl2O2S/c1-13-9-5-3-7(15-9)10(12)6-2-4-8(11)14-6/h2-5,10H,1H3. The van der Waals surface area contributed by atoms with Gasteiger partial charge < -0.3 is 9.15 Å². The van der Waals surface area contributed by atoms with Gasteiger partial charge in [-0.25, -0.2) is 0 Å². The van der Waals surface area contributed by atoms with Crippen LogP contribution in [0.25, 0.3) is 0 Å². The third-order valence-corrected chi connectivity index (χ3v) is 3.79. The molecule has 2 aromatic rings. The van der Waals surface area contributed by atoms with Gasteiger partial charge in [0.05, 0.1) is 7.11 Å². The fourth-order valence-corrected chi connectivity index (χ4v) is 2.47. The van der Waals surface area contributed by atoms with E-state index in [1.807, 2.05) is 12.1 Å². The average Bonchev–Trinajstić information content (AvgIpc) is 2.84. The molecule has 15 heavy (non-hydrogen) atoms. The molecule has 2 rings (SSSR count). The van der Waals surface area contributed by atoms with E-state index in [2.05, 4.69) is 0 Å². The maximum absolute atomic E-state index is 6.22. The SMILES string of the molecule is COc1ccc(C(Cl)c2ccc(Cl)o2)s1. The van der Waals surface area contributed by atoms with Crippen LogP contribution in [0.4, 0.5) is 0 Å². The Bertz CT molecular complexity index is 450. The topological polar surface area (TPSA) is 22.4 Å². The van der Waals surface area contributed by atoms with Gasteiger partial charge in [-0.05, 0) is 35.9 Å². The van der Waals surface area contributed by atoms with Gasteiger partial charge in [-0.1, -0.05) is 0 Å². The van der Waals surface area contributed by atoms with Crippen molar-refractivity contribution in [2.24, 2.45) is 0 Å². The van der Waals surface area contributed by atoms with Gasteiger partial charge in [-0.2, -0.15) is 0 Å². The third-order valence-electron chi connectivity index (χ3n) is 1.90. The monoisotopic (exact) mass is 262 g/mol. The normalized spacial score (nSPS) is 12.7. The summed E-state index contributed by atoms with van der Waals surface area (Å²) in [5.74, 6) is 0.645. The summed E-state index contributed by atoms with van der Waals surface area (Å²) >= 11 is 13.4. The second-order valence-electron chi connectivity index (χ2n) is 2.87. The molecule has 0 bridgehead atoms. The summed E-state index contributed by atoms with van der Waals surface area (Å²) in [6.07, 6.45) is 0. The molecule has 0 saturated carbocycles. The average molecular weight is 263 g/mol. The van der Waals surface area contributed by atoms with E-state index in [9.17, 15) is 0 Å². The van der Waals surface area contributed by atoms with Gasteiger partial charge in [-0.15, -0.1) is 22.9 Å². The van der Waals surface area contributed by atoms with E-state index in [1.165, 1.54) is 11.3 Å². The summed E-state index contributed by atoms with van der Waals surface area (Å²) in [5.41, 5.74) is 0. The summed E-state index contributed by atoms with van der Waals surface area (Å²) in [6.45, 7) is 0. The number of halogens is 2. The lowest BCUT2D eigenvalue weighted by molar-refractivity contribution is 0.427. The highest BCUT2D eigenvalue weighted by atomic mass is 35.5. The first kappa shape index (κ1) is 10.9. The van der Waals surface area contributed by atoms with Gasteiger partial charge in [0.15, 0.2) is 10.3 Å². The maximum Gasteiger partial charge on any atom is 0.193 e. The number of hydrogen-bond donors (Lipinski definition) is 0. The van der Waals surface area contributed by atoms with E-state index < -0.39 is 0 Å². The quantitative estimate of drug-likeness (QED) is 0.769. The van der Waals surface area contributed by atoms with E-state index in [-0.39, 0.29) is 5.38 Å². The van der Waals surface area contributed by atoms with Crippen LogP contribution in [0.3, 0.4) is 0 Å². The number of alkyl halides is 1. The van der Waals surface area contributed by atoms with Gasteiger partial charge in [-0.3, -0.25) is 0 Å². The predicted octanol–water partition coefficient (Wildman–Crippen LogP) is 4.33. The maximum atomic E-state index is 6.22. The second-order valence-corrected chi connectivity index (χ2v) is 4.75. The Morgan fingerprint density at radius 2 is 2.13 bits per heavy atom. The predicted molar refractivity (Wildman–Crippen MR) is 62.3 cm³/mol. The largest absolute Gasteiger partial charge is 0.487 e. The Morgan fingerprint density at radius 3 is 2.67 bits per heavy atom. The van der Waals surface area contributed by atoms with Crippen molar-refractivity contribution in [3.63, 3.8) is 0 Å². The number of ether oxygens (including phenoxy) is 1. The number of rotatable bonds is 3. The van der Waals surface area contributed by atoms with Crippen molar-refractivity contribution in [2.45, 2.75) is 5.38 Å². The molecule has 0 N–H and O–H groups in total. The highest BCUT2D eigenvalue weighted by Crippen LogP contribution is 2.37. The number of hydrogen-bond acceptors (Lipinski definition) is 3. The minimum absolute atomic E-state index is 0.314. The summed E-state index contributed by atoms with van der Waals surface area (Å²) in [4.78, 5) is 0.972. The molecule has 80 valence electrons. The lowest BCUT2D eigenvalue weighted by Crippen LogP contribution is -1.85. The molecule has 2 nitrogen and oxygen atoms in total. The van der Waals surface area contributed by atoms with E-state index in [1.54, 1.807) is 19.2 Å². The van der Waals surface area contributed by atoms with Gasteiger partial charge in [0.25, 0.3) is 0 Å². The Morgan fingerprint density at radius 1 is 1.33 bits per heavy atom. The Balaban J connectivity index is 2.23. The zero-order chi connectivity index (χ0) is 10.8. The molecule has 0 saturated heterocycles. The van der Waals surface area contributed by atoms with E-state index in [0.717, 1.165) is 9.94 Å². The minimum atomic E-state index is -0.314. The molecule has 0 radical (unpaired) electrons. The van der Waals surface area contributed by atoms with Crippen LogP contribution in [0.1, 0.15) is 16.0 Å². The van der Waals surface area contributed by atoms with Crippen LogP contribution in [0.2, 0.25) is 5.22 Å². The van der Waals surface area contributed by atoms with Crippen molar-refractivity contribution in [1.82, 2.24) is 0 Å². The van der Waals surface area contributed by atoms with Gasteiger partial charge >= 0.3 is 0 Å². The molecule has 1 atom stereocenters. The van der Waals surface area contributed by atoms with Gasteiger partial charge in [0.1, 0.15) is 11.1 Å². The molecule has 0 aliphatic heterocycles. The molecule has 0 amide bonds. The molecular weight excluding hydrogens is 255 g/mol. The van der Waals surface area contributed by atoms with Crippen molar-refractivity contribution in [2.75, 3.05) is 7.11 Å². The molecule has 0 aromatic carbocycles. The first-order valence-corrected chi connectivity index (χ1v) is 5.87. The van der Waals surface area contributed by atoms with Crippen molar-refractivity contribution >= 4 is 34.5 Å². The minimum Gasteiger partial charge on any atom is -0.487 e. The lowest BCUT2D eigenvalue weighted by atomic mass is 10.3. The van der Waals surface area contributed by atoms with Gasteiger partial charge in [0, 0.05) is 4.88 Å². The van der Waals surface area contributed by atoms with Crippen LogP contribution >= 0.6 is 34.5 Å². The zero-order valence-electron chi connectivity index (χ0n) is 7.87. The third kappa shape index (κ3) is 2.30. The van der Waals surface area contributed by atoms with Crippen LogP contribution in [-0.2, 0) is 0 Å². The van der Waals surface area contributed by atoms with E-state index in [0.29, 0.717) is 11.0 Å². The first-order valence-electron chi connectivity index (χ1n) is 4.23. The molecule has 1 unspecified atom stereocenters. The molecule has 2 aromatic heterocycles. The Hall–Kier alpha value is -0.640. The van der Waals surface area contributed by atoms with Crippen molar-refractivity contribution < 1.29 is 9.15 Å². The number of methoxy groups -OCH3 is 1. The van der Waals surface area contributed by atoms with Crippen LogP contribution in [0, 0.1) is 0 Å². The summed E-state index contributed by atoms with van der Waals surface area (Å²) in [5, 5.41) is 0.860. The van der Waals surface area contributed by atoms with Crippen LogP contribution < -0.4 is 4.74 Å². The fraction of sp³-hybridized carbons (Fsp3) is 0.200. The van der Waals surface area contributed by atoms with Crippen LogP contribution in [0.5, 0.6) is 5.06 Å². The smallest absolute Gasteiger partial charge is 0.193 e. The summed E-state index contributed by atoms with van der Waals surface area (Å²) in [6, 6.07) is 7.24.